The summed E-state index contributed by atoms with van der Waals surface area (Å²) in [6.45, 7) is 1.79. The largest absolute Gasteiger partial charge is 0.392 e. The van der Waals surface area contributed by atoms with Crippen molar-refractivity contribution in [3.05, 3.63) is 22.6 Å². The van der Waals surface area contributed by atoms with Crippen molar-refractivity contribution in [2.24, 2.45) is 0 Å². The Morgan fingerprint density at radius 2 is 2.30 bits per heavy atom. The molecule has 0 saturated carbocycles. The fraction of sp³-hybridized carbons (Fsp3) is 0.467. The van der Waals surface area contributed by atoms with E-state index in [0.717, 1.165) is 23.1 Å². The van der Waals surface area contributed by atoms with Gasteiger partial charge in [0.25, 0.3) is 5.91 Å². The number of hydrogen-bond donors (Lipinski definition) is 2. The van der Waals surface area contributed by atoms with Gasteiger partial charge in [-0.2, -0.15) is 0 Å². The molecule has 0 fully saturated rings. The van der Waals surface area contributed by atoms with Gasteiger partial charge in [-0.3, -0.25) is 4.79 Å². The van der Waals surface area contributed by atoms with Crippen LogP contribution in [0, 0.1) is 0 Å². The van der Waals surface area contributed by atoms with Gasteiger partial charge in [0.15, 0.2) is 5.65 Å². The lowest BCUT2D eigenvalue weighted by atomic mass is 9.97. The van der Waals surface area contributed by atoms with Crippen molar-refractivity contribution in [3.8, 4) is 0 Å². The highest BCUT2D eigenvalue weighted by atomic mass is 32.1. The number of nitrogens with zero attached hydrogens (tertiary/aromatic N) is 4. The van der Waals surface area contributed by atoms with E-state index in [1.54, 1.807) is 29.1 Å². The molecule has 0 aromatic carbocycles. The van der Waals surface area contributed by atoms with Crippen molar-refractivity contribution in [3.63, 3.8) is 0 Å². The van der Waals surface area contributed by atoms with E-state index in [9.17, 15) is 9.90 Å². The van der Waals surface area contributed by atoms with Crippen LogP contribution in [-0.4, -0.2) is 43.2 Å². The number of aliphatic hydroxyl groups excluding tert-OH is 1. The van der Waals surface area contributed by atoms with Crippen LogP contribution >= 0.6 is 11.3 Å². The zero-order valence-electron chi connectivity index (χ0n) is 12.7. The quantitative estimate of drug-likeness (QED) is 0.755. The molecule has 2 N–H and O–H groups in total. The summed E-state index contributed by atoms with van der Waals surface area (Å²) in [6, 6.07) is 0. The van der Waals surface area contributed by atoms with Crippen molar-refractivity contribution in [1.82, 2.24) is 24.9 Å². The Bertz CT molecular complexity index is 898. The summed E-state index contributed by atoms with van der Waals surface area (Å²) >= 11 is 1.72. The number of carbonyl (C=O) groups excluding carboxylic acids is 1. The van der Waals surface area contributed by atoms with E-state index in [-0.39, 0.29) is 18.3 Å². The Kier molecular flexibility index (Phi) is 3.50. The number of amides is 1. The fourth-order valence-corrected chi connectivity index (χ4v) is 4.19. The van der Waals surface area contributed by atoms with Crippen molar-refractivity contribution in [2.75, 3.05) is 6.54 Å². The monoisotopic (exact) mass is 331 g/mol. The maximum Gasteiger partial charge on any atom is 0.291 e. The molecule has 120 valence electrons. The molecular weight excluding hydrogens is 314 g/mol. The summed E-state index contributed by atoms with van der Waals surface area (Å²) in [4.78, 5) is 23.3. The Labute approximate surface area is 136 Å². The third-order valence-corrected chi connectivity index (χ3v) is 5.25. The second kappa shape index (κ2) is 5.54. The lowest BCUT2D eigenvalue weighted by molar-refractivity contribution is 0.0914. The predicted octanol–water partition coefficient (Wildman–Crippen LogP) is 1.33. The zero-order chi connectivity index (χ0) is 16.0. The van der Waals surface area contributed by atoms with E-state index in [0.29, 0.717) is 5.65 Å². The molecule has 1 amide bonds. The van der Waals surface area contributed by atoms with Gasteiger partial charge in [0, 0.05) is 11.4 Å². The maximum atomic E-state index is 12.1. The second-order valence-corrected chi connectivity index (χ2v) is 6.98. The number of aliphatic hydroxyl groups is 1. The molecule has 0 radical (unpaired) electrons. The molecule has 7 nitrogen and oxygen atoms in total. The molecule has 3 aromatic rings. The molecule has 0 saturated heterocycles. The van der Waals surface area contributed by atoms with E-state index in [1.807, 2.05) is 0 Å². The van der Waals surface area contributed by atoms with Gasteiger partial charge in [-0.05, 0) is 38.2 Å². The first-order valence-corrected chi connectivity index (χ1v) is 8.57. The number of nitrogens with one attached hydrogen (secondary N) is 1. The average Bonchev–Trinajstić information content (AvgIpc) is 3.12. The van der Waals surface area contributed by atoms with E-state index in [4.69, 9.17) is 0 Å². The average molecular weight is 331 g/mol. The topological polar surface area (TPSA) is 92.4 Å². The summed E-state index contributed by atoms with van der Waals surface area (Å²) in [6.07, 6.45) is 5.53. The van der Waals surface area contributed by atoms with Gasteiger partial charge in [0.2, 0.25) is 5.82 Å². The SMILES string of the molecule is C[C@@H](O)CNC(=O)c1nc2c3c4c(sc3ncn2n1)CCCC4. The molecule has 1 aliphatic carbocycles. The Morgan fingerprint density at radius 3 is 3.13 bits per heavy atom. The van der Waals surface area contributed by atoms with Gasteiger partial charge < -0.3 is 10.4 Å². The third kappa shape index (κ3) is 2.47. The van der Waals surface area contributed by atoms with E-state index in [2.05, 4.69) is 20.4 Å². The highest BCUT2D eigenvalue weighted by molar-refractivity contribution is 7.19. The minimum atomic E-state index is -0.603. The molecule has 0 bridgehead atoms. The molecular formula is C15H17N5O2S. The predicted molar refractivity (Wildman–Crippen MR) is 86.8 cm³/mol. The molecule has 23 heavy (non-hydrogen) atoms. The lowest BCUT2D eigenvalue weighted by Crippen LogP contribution is -2.31. The summed E-state index contributed by atoms with van der Waals surface area (Å²) in [5.41, 5.74) is 2.01. The summed E-state index contributed by atoms with van der Waals surface area (Å²) in [5, 5.41) is 17.1. The molecule has 3 heterocycles. The van der Waals surface area contributed by atoms with Gasteiger partial charge >= 0.3 is 0 Å². The van der Waals surface area contributed by atoms with Crippen LogP contribution in [0.15, 0.2) is 6.33 Å². The first kappa shape index (κ1) is 14.5. The number of carbonyl (C=O) groups is 1. The van der Waals surface area contributed by atoms with Crippen LogP contribution < -0.4 is 5.32 Å². The van der Waals surface area contributed by atoms with Crippen LogP contribution in [0.5, 0.6) is 0 Å². The minimum Gasteiger partial charge on any atom is -0.392 e. The molecule has 1 atom stereocenters. The zero-order valence-corrected chi connectivity index (χ0v) is 13.6. The van der Waals surface area contributed by atoms with Crippen LogP contribution in [0.3, 0.4) is 0 Å². The van der Waals surface area contributed by atoms with Crippen molar-refractivity contribution >= 4 is 33.1 Å². The van der Waals surface area contributed by atoms with Gasteiger partial charge in [-0.25, -0.2) is 14.5 Å². The number of aryl methyl sites for hydroxylation is 2. The number of fused-ring (bicyclic) bond motifs is 5. The first-order valence-electron chi connectivity index (χ1n) is 7.75. The van der Waals surface area contributed by atoms with E-state index < -0.39 is 6.10 Å². The fourth-order valence-electron chi connectivity index (χ4n) is 2.97. The highest BCUT2D eigenvalue weighted by Crippen LogP contribution is 2.36. The van der Waals surface area contributed by atoms with E-state index in [1.165, 1.54) is 23.3 Å². The Hall–Kier alpha value is -2.06. The van der Waals surface area contributed by atoms with Crippen LogP contribution in [0.25, 0.3) is 15.9 Å². The lowest BCUT2D eigenvalue weighted by Gasteiger charge is -2.09. The molecule has 0 aliphatic heterocycles. The van der Waals surface area contributed by atoms with Gasteiger partial charge in [-0.1, -0.05) is 0 Å². The number of thiophene rings is 1. The summed E-state index contributed by atoms with van der Waals surface area (Å²) in [5.74, 6) is -0.275. The van der Waals surface area contributed by atoms with Crippen LogP contribution in [0.4, 0.5) is 0 Å². The van der Waals surface area contributed by atoms with Crippen LogP contribution in [0.2, 0.25) is 0 Å². The smallest absolute Gasteiger partial charge is 0.291 e. The number of rotatable bonds is 3. The molecule has 1 aliphatic rings. The van der Waals surface area contributed by atoms with Crippen molar-refractivity contribution in [1.29, 1.82) is 0 Å². The second-order valence-electron chi connectivity index (χ2n) is 5.90. The molecule has 0 spiro atoms. The molecule has 0 unspecified atom stereocenters. The maximum absolute atomic E-state index is 12.1. The van der Waals surface area contributed by atoms with Crippen LogP contribution in [-0.2, 0) is 12.8 Å². The number of hydrogen-bond acceptors (Lipinski definition) is 6. The highest BCUT2D eigenvalue weighted by Gasteiger charge is 2.22. The van der Waals surface area contributed by atoms with E-state index >= 15 is 0 Å². The standard InChI is InChI=1S/C15H17N5O2S/c1-8(21)6-16-14(22)12-18-13-11-9-4-2-3-5-10(9)23-15(11)17-7-20(13)19-12/h7-8,21H,2-6H2,1H3,(H,16,22)/t8-/m1/s1. The molecule has 3 aromatic heterocycles. The van der Waals surface area contributed by atoms with Crippen molar-refractivity contribution in [2.45, 2.75) is 38.7 Å². The molecule has 8 heteroatoms. The van der Waals surface area contributed by atoms with Crippen molar-refractivity contribution < 1.29 is 9.90 Å². The normalized spacial score (nSPS) is 15.7. The first-order chi connectivity index (χ1) is 11.1. The third-order valence-electron chi connectivity index (χ3n) is 4.05. The summed E-state index contributed by atoms with van der Waals surface area (Å²) < 4.78 is 1.57. The van der Waals surface area contributed by atoms with Gasteiger partial charge in [-0.15, -0.1) is 16.4 Å². The number of aromatic nitrogens is 4. The van der Waals surface area contributed by atoms with Gasteiger partial charge in [0.1, 0.15) is 11.2 Å². The van der Waals surface area contributed by atoms with Gasteiger partial charge in [0.05, 0.1) is 11.5 Å². The minimum absolute atomic E-state index is 0.107. The molecule has 4 rings (SSSR count). The Morgan fingerprint density at radius 1 is 1.48 bits per heavy atom. The van der Waals surface area contributed by atoms with Crippen LogP contribution in [0.1, 0.15) is 40.8 Å². The Balaban J connectivity index is 1.80. The summed E-state index contributed by atoms with van der Waals surface area (Å²) in [7, 11) is 0.